The fourth-order valence-electron chi connectivity index (χ4n) is 2.11. The molecule has 0 spiro atoms. The minimum Gasteiger partial charge on any atom is -0.497 e. The molecule has 0 aliphatic heterocycles. The van der Waals surface area contributed by atoms with Gasteiger partial charge >= 0.3 is 0 Å². The largest absolute Gasteiger partial charge is 0.497 e. The van der Waals surface area contributed by atoms with Crippen molar-refractivity contribution in [3.8, 4) is 28.5 Å². The van der Waals surface area contributed by atoms with Crippen molar-refractivity contribution in [3.05, 3.63) is 54.2 Å². The van der Waals surface area contributed by atoms with Crippen LogP contribution in [0.1, 0.15) is 5.56 Å². The van der Waals surface area contributed by atoms with Crippen molar-refractivity contribution in [2.75, 3.05) is 7.11 Å². The fourth-order valence-corrected chi connectivity index (χ4v) is 2.11. The van der Waals surface area contributed by atoms with E-state index in [0.29, 0.717) is 11.6 Å². The third-order valence-corrected chi connectivity index (χ3v) is 3.09. The Hall–Kier alpha value is -2.82. The van der Waals surface area contributed by atoms with Gasteiger partial charge in [0, 0.05) is 0 Å². The molecule has 3 rings (SSSR count). The van der Waals surface area contributed by atoms with Crippen LogP contribution in [-0.4, -0.2) is 22.5 Å². The number of aromatic nitrogens is 3. The number of H-pyrrole nitrogens is 1. The first-order chi connectivity index (χ1) is 10.2. The van der Waals surface area contributed by atoms with Crippen molar-refractivity contribution in [1.29, 1.82) is 0 Å². The van der Waals surface area contributed by atoms with Crippen LogP contribution in [0.3, 0.4) is 0 Å². The van der Waals surface area contributed by atoms with Gasteiger partial charge in [0.2, 0.25) is 0 Å². The molecule has 2 aromatic carbocycles. The molecule has 3 aromatic rings. The summed E-state index contributed by atoms with van der Waals surface area (Å²) in [5.74, 6) is 2.01. The summed E-state index contributed by atoms with van der Waals surface area (Å²) in [4.78, 5) is 0. The summed E-state index contributed by atoms with van der Waals surface area (Å²) in [6, 6.07) is 14.0. The highest BCUT2D eigenvalue weighted by Crippen LogP contribution is 2.28. The van der Waals surface area contributed by atoms with E-state index in [9.17, 15) is 0 Å². The van der Waals surface area contributed by atoms with Gasteiger partial charge in [-0.2, -0.15) is 10.3 Å². The first-order valence-corrected chi connectivity index (χ1v) is 6.54. The molecule has 0 bridgehead atoms. The molecule has 0 aliphatic carbocycles. The Kier molecular flexibility index (Phi) is 3.55. The van der Waals surface area contributed by atoms with Gasteiger partial charge in [-0.05, 0) is 47.9 Å². The van der Waals surface area contributed by atoms with E-state index < -0.39 is 0 Å². The van der Waals surface area contributed by atoms with Gasteiger partial charge in [-0.25, -0.2) is 0 Å². The van der Waals surface area contributed by atoms with Gasteiger partial charge in [0.05, 0.1) is 7.11 Å². The Bertz CT molecular complexity index is 722. The number of methoxy groups -OCH3 is 1. The summed E-state index contributed by atoms with van der Waals surface area (Å²) in [5, 5.41) is 10.1. The van der Waals surface area contributed by atoms with E-state index in [4.69, 9.17) is 9.47 Å². The second kappa shape index (κ2) is 5.66. The summed E-state index contributed by atoms with van der Waals surface area (Å²) in [6.45, 7) is 2.05. The molecule has 0 atom stereocenters. The molecule has 106 valence electrons. The van der Waals surface area contributed by atoms with Gasteiger partial charge in [0.1, 0.15) is 17.7 Å². The summed E-state index contributed by atoms with van der Waals surface area (Å²) >= 11 is 0. The second-order valence-corrected chi connectivity index (χ2v) is 4.67. The van der Waals surface area contributed by atoms with Crippen molar-refractivity contribution >= 4 is 0 Å². The predicted octanol–water partition coefficient (Wildman–Crippen LogP) is 3.58. The first kappa shape index (κ1) is 13.2. The van der Waals surface area contributed by atoms with Gasteiger partial charge in [0.15, 0.2) is 0 Å². The topological polar surface area (TPSA) is 60.0 Å². The van der Waals surface area contributed by atoms with Gasteiger partial charge < -0.3 is 9.47 Å². The number of aromatic amines is 1. The van der Waals surface area contributed by atoms with Crippen LogP contribution >= 0.6 is 0 Å². The average Bonchev–Trinajstić information content (AvgIpc) is 3.00. The van der Waals surface area contributed by atoms with Crippen molar-refractivity contribution in [3.63, 3.8) is 0 Å². The highest BCUT2D eigenvalue weighted by molar-refractivity contribution is 5.66. The Balaban J connectivity index is 1.85. The zero-order chi connectivity index (χ0) is 14.7. The standard InChI is InChI=1S/C16H15N3O2/c1-11-7-13(9-15(8-11)20-2)12-3-5-14(6-4-12)21-16-10-17-19-18-16/h3-10H,1-2H3,(H,17,18,19). The number of rotatable bonds is 4. The molecule has 0 amide bonds. The molecule has 0 saturated carbocycles. The van der Waals surface area contributed by atoms with Crippen LogP contribution < -0.4 is 9.47 Å². The van der Waals surface area contributed by atoms with Crippen LogP contribution in [0, 0.1) is 6.92 Å². The molecule has 5 nitrogen and oxygen atoms in total. The summed E-state index contributed by atoms with van der Waals surface area (Å²) < 4.78 is 10.9. The first-order valence-electron chi connectivity index (χ1n) is 6.54. The van der Waals surface area contributed by atoms with E-state index in [1.165, 1.54) is 6.20 Å². The quantitative estimate of drug-likeness (QED) is 0.794. The van der Waals surface area contributed by atoms with E-state index in [2.05, 4.69) is 21.5 Å². The molecular weight excluding hydrogens is 266 g/mol. The maximum absolute atomic E-state index is 5.55. The van der Waals surface area contributed by atoms with Gasteiger partial charge in [-0.1, -0.05) is 18.2 Å². The van der Waals surface area contributed by atoms with E-state index >= 15 is 0 Å². The van der Waals surface area contributed by atoms with Crippen molar-refractivity contribution in [2.45, 2.75) is 6.92 Å². The number of nitrogens with zero attached hydrogens (tertiary/aromatic N) is 2. The average molecular weight is 281 g/mol. The summed E-state index contributed by atoms with van der Waals surface area (Å²) in [5.41, 5.74) is 3.37. The van der Waals surface area contributed by atoms with Crippen LogP contribution in [0.15, 0.2) is 48.7 Å². The fraction of sp³-hybridized carbons (Fsp3) is 0.125. The lowest BCUT2D eigenvalue weighted by Gasteiger charge is -2.08. The highest BCUT2D eigenvalue weighted by Gasteiger charge is 2.04. The van der Waals surface area contributed by atoms with E-state index in [-0.39, 0.29) is 0 Å². The lowest BCUT2D eigenvalue weighted by atomic mass is 10.0. The predicted molar refractivity (Wildman–Crippen MR) is 79.6 cm³/mol. The van der Waals surface area contributed by atoms with E-state index in [1.54, 1.807) is 7.11 Å². The molecular formula is C16H15N3O2. The van der Waals surface area contributed by atoms with E-state index in [1.807, 2.05) is 43.3 Å². The monoisotopic (exact) mass is 281 g/mol. The van der Waals surface area contributed by atoms with Crippen LogP contribution in [-0.2, 0) is 0 Å². The molecule has 1 heterocycles. The third-order valence-electron chi connectivity index (χ3n) is 3.09. The van der Waals surface area contributed by atoms with Crippen LogP contribution in [0.25, 0.3) is 11.1 Å². The second-order valence-electron chi connectivity index (χ2n) is 4.67. The van der Waals surface area contributed by atoms with Crippen LogP contribution in [0.5, 0.6) is 17.4 Å². The number of ether oxygens (including phenoxy) is 2. The molecule has 1 aromatic heterocycles. The lowest BCUT2D eigenvalue weighted by molar-refractivity contribution is 0.414. The molecule has 0 aliphatic rings. The lowest BCUT2D eigenvalue weighted by Crippen LogP contribution is -1.87. The highest BCUT2D eigenvalue weighted by atomic mass is 16.5. The molecule has 0 fully saturated rings. The number of aryl methyl sites for hydroxylation is 1. The smallest absolute Gasteiger partial charge is 0.258 e. The number of nitrogens with one attached hydrogen (secondary N) is 1. The Morgan fingerprint density at radius 1 is 0.952 bits per heavy atom. The number of hydrogen-bond acceptors (Lipinski definition) is 4. The molecule has 0 radical (unpaired) electrons. The van der Waals surface area contributed by atoms with E-state index in [0.717, 1.165) is 22.4 Å². The molecule has 1 N–H and O–H groups in total. The molecule has 0 saturated heterocycles. The SMILES string of the molecule is COc1cc(C)cc(-c2ccc(Oc3cn[nH]n3)cc2)c1. The minimum atomic E-state index is 0.444. The number of hydrogen-bond donors (Lipinski definition) is 1. The molecule has 5 heteroatoms. The minimum absolute atomic E-state index is 0.444. The van der Waals surface area contributed by atoms with Gasteiger partial charge in [0.25, 0.3) is 5.88 Å². The Labute approximate surface area is 122 Å². The maximum Gasteiger partial charge on any atom is 0.258 e. The number of benzene rings is 2. The van der Waals surface area contributed by atoms with Crippen LogP contribution in [0.4, 0.5) is 0 Å². The Morgan fingerprint density at radius 3 is 2.43 bits per heavy atom. The zero-order valence-electron chi connectivity index (χ0n) is 11.8. The normalized spacial score (nSPS) is 10.4. The van der Waals surface area contributed by atoms with Gasteiger partial charge in [-0.15, -0.1) is 5.10 Å². The van der Waals surface area contributed by atoms with Crippen molar-refractivity contribution in [1.82, 2.24) is 15.4 Å². The molecule has 21 heavy (non-hydrogen) atoms. The van der Waals surface area contributed by atoms with Gasteiger partial charge in [-0.3, -0.25) is 0 Å². The molecule has 0 unspecified atom stereocenters. The van der Waals surface area contributed by atoms with Crippen molar-refractivity contribution in [2.24, 2.45) is 0 Å². The van der Waals surface area contributed by atoms with Crippen LogP contribution in [0.2, 0.25) is 0 Å². The Morgan fingerprint density at radius 2 is 1.76 bits per heavy atom. The third kappa shape index (κ3) is 3.02. The maximum atomic E-state index is 5.55. The zero-order valence-corrected chi connectivity index (χ0v) is 11.8. The van der Waals surface area contributed by atoms with Crippen molar-refractivity contribution < 1.29 is 9.47 Å². The summed E-state index contributed by atoms with van der Waals surface area (Å²) in [6.07, 6.45) is 1.53. The summed E-state index contributed by atoms with van der Waals surface area (Å²) in [7, 11) is 1.67.